The Hall–Kier alpha value is -2.21. The SMILES string of the molecule is Cc1ccc(OCCCCN2CCC=C(c3nn[nH]n3)C2)cc1. The summed E-state index contributed by atoms with van der Waals surface area (Å²) in [5.74, 6) is 1.67. The highest BCUT2D eigenvalue weighted by Gasteiger charge is 2.16. The van der Waals surface area contributed by atoms with Crippen LogP contribution < -0.4 is 4.74 Å². The number of aromatic nitrogens is 4. The van der Waals surface area contributed by atoms with Gasteiger partial charge in [-0.2, -0.15) is 5.21 Å². The molecule has 0 spiro atoms. The molecular weight excluding hydrogens is 290 g/mol. The van der Waals surface area contributed by atoms with Crippen LogP contribution in [0.3, 0.4) is 0 Å². The van der Waals surface area contributed by atoms with Gasteiger partial charge in [0.25, 0.3) is 0 Å². The van der Waals surface area contributed by atoms with Crippen LogP contribution in [0.2, 0.25) is 0 Å². The van der Waals surface area contributed by atoms with Gasteiger partial charge in [-0.05, 0) is 50.1 Å². The number of aromatic amines is 1. The summed E-state index contributed by atoms with van der Waals surface area (Å²) in [6, 6.07) is 8.22. The normalized spacial score (nSPS) is 15.4. The van der Waals surface area contributed by atoms with E-state index < -0.39 is 0 Å². The first-order valence-corrected chi connectivity index (χ1v) is 8.16. The lowest BCUT2D eigenvalue weighted by atomic mass is 10.1. The second-order valence-electron chi connectivity index (χ2n) is 5.90. The number of rotatable bonds is 7. The molecule has 0 radical (unpaired) electrons. The first-order valence-electron chi connectivity index (χ1n) is 8.16. The van der Waals surface area contributed by atoms with E-state index in [1.54, 1.807) is 0 Å². The summed E-state index contributed by atoms with van der Waals surface area (Å²) in [7, 11) is 0. The van der Waals surface area contributed by atoms with E-state index in [1.165, 1.54) is 11.1 Å². The van der Waals surface area contributed by atoms with Crippen molar-refractivity contribution in [1.29, 1.82) is 0 Å². The highest BCUT2D eigenvalue weighted by atomic mass is 16.5. The Labute approximate surface area is 136 Å². The second kappa shape index (κ2) is 7.87. The molecule has 1 N–H and O–H groups in total. The first kappa shape index (κ1) is 15.7. The van der Waals surface area contributed by atoms with Crippen molar-refractivity contribution in [1.82, 2.24) is 25.5 Å². The first-order chi connectivity index (χ1) is 11.3. The number of nitrogens with one attached hydrogen (secondary N) is 1. The molecule has 0 saturated heterocycles. The van der Waals surface area contributed by atoms with Crippen molar-refractivity contribution in [2.75, 3.05) is 26.2 Å². The van der Waals surface area contributed by atoms with E-state index in [0.29, 0.717) is 0 Å². The fourth-order valence-corrected chi connectivity index (χ4v) is 2.72. The van der Waals surface area contributed by atoms with Crippen LogP contribution in [-0.4, -0.2) is 51.8 Å². The maximum atomic E-state index is 5.77. The van der Waals surface area contributed by atoms with Crippen molar-refractivity contribution in [3.05, 3.63) is 41.7 Å². The Morgan fingerprint density at radius 3 is 2.87 bits per heavy atom. The molecule has 23 heavy (non-hydrogen) atoms. The van der Waals surface area contributed by atoms with E-state index in [1.807, 2.05) is 12.1 Å². The van der Waals surface area contributed by atoms with Gasteiger partial charge < -0.3 is 4.74 Å². The molecule has 0 unspecified atom stereocenters. The summed E-state index contributed by atoms with van der Waals surface area (Å²) in [6.07, 6.45) is 5.45. The minimum atomic E-state index is 0.720. The zero-order valence-electron chi connectivity index (χ0n) is 13.5. The molecule has 0 fully saturated rings. The van der Waals surface area contributed by atoms with Crippen molar-refractivity contribution in [2.24, 2.45) is 0 Å². The maximum absolute atomic E-state index is 5.77. The van der Waals surface area contributed by atoms with Gasteiger partial charge in [-0.25, -0.2) is 0 Å². The predicted octanol–water partition coefficient (Wildman–Crippen LogP) is 2.46. The monoisotopic (exact) mass is 313 g/mol. The van der Waals surface area contributed by atoms with Gasteiger partial charge in [0.15, 0.2) is 0 Å². The van der Waals surface area contributed by atoms with Crippen LogP contribution in [0.15, 0.2) is 30.3 Å². The lowest BCUT2D eigenvalue weighted by molar-refractivity contribution is 0.266. The van der Waals surface area contributed by atoms with Crippen LogP contribution in [0.4, 0.5) is 0 Å². The van der Waals surface area contributed by atoms with Crippen molar-refractivity contribution in [2.45, 2.75) is 26.2 Å². The zero-order chi connectivity index (χ0) is 15.9. The molecule has 1 aliphatic rings. The van der Waals surface area contributed by atoms with Gasteiger partial charge in [0.05, 0.1) is 6.61 Å². The average molecular weight is 313 g/mol. The van der Waals surface area contributed by atoms with Gasteiger partial charge in [0.2, 0.25) is 5.82 Å². The number of unbranched alkanes of at least 4 members (excludes halogenated alkanes) is 1. The number of ether oxygens (including phenoxy) is 1. The van der Waals surface area contributed by atoms with Crippen LogP contribution >= 0.6 is 0 Å². The number of benzene rings is 1. The van der Waals surface area contributed by atoms with Gasteiger partial charge in [-0.3, -0.25) is 4.90 Å². The molecular formula is C17H23N5O. The number of H-pyrrole nitrogens is 1. The molecule has 0 saturated carbocycles. The number of aryl methyl sites for hydroxylation is 1. The zero-order valence-corrected chi connectivity index (χ0v) is 13.5. The van der Waals surface area contributed by atoms with Gasteiger partial charge in [0.1, 0.15) is 5.75 Å². The molecule has 1 aromatic heterocycles. The summed E-state index contributed by atoms with van der Waals surface area (Å²) in [4.78, 5) is 2.44. The van der Waals surface area contributed by atoms with E-state index in [9.17, 15) is 0 Å². The van der Waals surface area contributed by atoms with E-state index in [2.05, 4.69) is 50.7 Å². The maximum Gasteiger partial charge on any atom is 0.201 e. The average Bonchev–Trinajstić information content (AvgIpc) is 3.11. The Bertz CT molecular complexity index is 621. The quantitative estimate of drug-likeness (QED) is 0.795. The van der Waals surface area contributed by atoms with Crippen molar-refractivity contribution in [3.63, 3.8) is 0 Å². The molecule has 0 amide bonds. The second-order valence-corrected chi connectivity index (χ2v) is 5.90. The number of nitrogens with zero attached hydrogens (tertiary/aromatic N) is 4. The van der Waals surface area contributed by atoms with Crippen molar-refractivity contribution < 1.29 is 4.74 Å². The standard InChI is InChI=1S/C17H23N5O/c1-14-6-8-16(9-7-14)23-12-3-2-10-22-11-4-5-15(13-22)17-18-20-21-19-17/h5-9H,2-4,10-13H2,1H3,(H,18,19,20,21). The third kappa shape index (κ3) is 4.63. The molecule has 6 heteroatoms. The molecule has 122 valence electrons. The molecule has 3 rings (SSSR count). The fourth-order valence-electron chi connectivity index (χ4n) is 2.72. The topological polar surface area (TPSA) is 66.9 Å². The summed E-state index contributed by atoms with van der Waals surface area (Å²) >= 11 is 0. The minimum Gasteiger partial charge on any atom is -0.494 e. The number of hydrogen-bond donors (Lipinski definition) is 1. The highest BCUT2D eigenvalue weighted by molar-refractivity contribution is 5.61. The minimum absolute atomic E-state index is 0.720. The van der Waals surface area contributed by atoms with Crippen molar-refractivity contribution in [3.8, 4) is 5.75 Å². The third-order valence-corrected chi connectivity index (χ3v) is 4.02. The molecule has 6 nitrogen and oxygen atoms in total. The number of hydrogen-bond acceptors (Lipinski definition) is 5. The Balaban J connectivity index is 1.35. The van der Waals surface area contributed by atoms with Gasteiger partial charge >= 0.3 is 0 Å². The molecule has 1 aromatic carbocycles. The molecule has 2 aromatic rings. The molecule has 0 atom stereocenters. The van der Waals surface area contributed by atoms with Gasteiger partial charge in [-0.15, -0.1) is 10.2 Å². The van der Waals surface area contributed by atoms with Crippen molar-refractivity contribution >= 4 is 5.57 Å². The summed E-state index contributed by atoms with van der Waals surface area (Å²) < 4.78 is 5.77. The molecule has 1 aliphatic heterocycles. The molecule has 0 bridgehead atoms. The van der Waals surface area contributed by atoms with Crippen LogP contribution in [0.5, 0.6) is 5.75 Å². The van der Waals surface area contributed by atoms with Gasteiger partial charge in [0, 0.05) is 18.7 Å². The lowest BCUT2D eigenvalue weighted by Gasteiger charge is -2.25. The highest BCUT2D eigenvalue weighted by Crippen LogP contribution is 2.17. The van der Waals surface area contributed by atoms with Gasteiger partial charge in [-0.1, -0.05) is 23.8 Å². The Kier molecular flexibility index (Phi) is 5.37. The Morgan fingerprint density at radius 1 is 1.22 bits per heavy atom. The summed E-state index contributed by atoms with van der Waals surface area (Å²) in [6.45, 7) is 5.93. The predicted molar refractivity (Wildman–Crippen MR) is 89.1 cm³/mol. The van der Waals surface area contributed by atoms with E-state index in [-0.39, 0.29) is 0 Å². The van der Waals surface area contributed by atoms with E-state index in [4.69, 9.17) is 4.74 Å². The number of tetrazole rings is 1. The van der Waals surface area contributed by atoms with Crippen LogP contribution in [0.25, 0.3) is 5.57 Å². The summed E-state index contributed by atoms with van der Waals surface area (Å²) in [5.41, 5.74) is 2.42. The van der Waals surface area contributed by atoms with E-state index >= 15 is 0 Å². The molecule has 2 heterocycles. The largest absolute Gasteiger partial charge is 0.494 e. The smallest absolute Gasteiger partial charge is 0.201 e. The fraction of sp³-hybridized carbons (Fsp3) is 0.471. The third-order valence-electron chi connectivity index (χ3n) is 4.02. The van der Waals surface area contributed by atoms with Crippen LogP contribution in [0, 0.1) is 6.92 Å². The van der Waals surface area contributed by atoms with E-state index in [0.717, 1.165) is 57.1 Å². The van der Waals surface area contributed by atoms with Crippen LogP contribution in [-0.2, 0) is 0 Å². The Morgan fingerprint density at radius 2 is 2.09 bits per heavy atom. The van der Waals surface area contributed by atoms with Crippen LogP contribution in [0.1, 0.15) is 30.7 Å². The lowest BCUT2D eigenvalue weighted by Crippen LogP contribution is -2.30. The molecule has 0 aliphatic carbocycles. The summed E-state index contributed by atoms with van der Waals surface area (Å²) in [5, 5.41) is 14.3.